The van der Waals surface area contributed by atoms with E-state index in [1.165, 1.54) is 0 Å². The van der Waals surface area contributed by atoms with Gasteiger partial charge in [0.15, 0.2) is 5.88 Å². The molecule has 0 fully saturated rings. The fraction of sp³-hybridized carbons (Fsp3) is 0.786. The van der Waals surface area contributed by atoms with Gasteiger partial charge in [0.1, 0.15) is 11.9 Å². The smallest absolute Gasteiger partial charge is 0.180 e. The van der Waals surface area contributed by atoms with Crippen molar-refractivity contribution in [1.29, 1.82) is 0 Å². The normalized spacial score (nSPS) is 13.2. The van der Waals surface area contributed by atoms with Gasteiger partial charge in [-0.1, -0.05) is 0 Å². The minimum absolute atomic E-state index is 0.278. The van der Waals surface area contributed by atoms with E-state index in [2.05, 4.69) is 16.8 Å². The summed E-state index contributed by atoms with van der Waals surface area (Å²) in [6.45, 7) is 11.9. The highest BCUT2D eigenvalue weighted by molar-refractivity contribution is 5.57. The molecule has 0 aliphatic heterocycles. The molecule has 5 nitrogen and oxygen atoms in total. The number of hydrogen-bond acceptors (Lipinski definition) is 5. The molecule has 0 aromatic heterocycles. The molecule has 0 radical (unpaired) electrons. The third-order valence-corrected chi connectivity index (χ3v) is 2.44. The Kier molecular flexibility index (Phi) is 8.43. The number of ether oxygens (including phenoxy) is 2. The summed E-state index contributed by atoms with van der Waals surface area (Å²) in [5.74, 6) is 0.434. The third kappa shape index (κ3) is 10.5. The number of rotatable bonds is 10. The molecule has 0 aromatic carbocycles. The molecular formula is C14H28N2O3. The van der Waals surface area contributed by atoms with Crippen LogP contribution in [-0.4, -0.2) is 56.7 Å². The Morgan fingerprint density at radius 3 is 2.53 bits per heavy atom. The van der Waals surface area contributed by atoms with Crippen LogP contribution in [0.1, 0.15) is 27.2 Å². The SMILES string of the molecule is C=C(NC(C=O)CCN(C)CCOC)OC(C)(C)C. The second-order valence-corrected chi connectivity index (χ2v) is 5.61. The van der Waals surface area contributed by atoms with Crippen LogP contribution in [0.3, 0.4) is 0 Å². The van der Waals surface area contributed by atoms with Crippen molar-refractivity contribution in [3.8, 4) is 0 Å². The second kappa shape index (κ2) is 8.93. The van der Waals surface area contributed by atoms with Crippen molar-refractivity contribution < 1.29 is 14.3 Å². The number of carbonyl (C=O) groups excluding carboxylic acids is 1. The Labute approximate surface area is 116 Å². The van der Waals surface area contributed by atoms with Crippen LogP contribution < -0.4 is 5.32 Å². The van der Waals surface area contributed by atoms with Gasteiger partial charge in [-0.2, -0.15) is 0 Å². The van der Waals surface area contributed by atoms with Crippen LogP contribution in [0.15, 0.2) is 12.5 Å². The average molecular weight is 272 g/mol. The lowest BCUT2D eigenvalue weighted by Crippen LogP contribution is -2.36. The molecule has 112 valence electrons. The van der Waals surface area contributed by atoms with Crippen molar-refractivity contribution in [2.24, 2.45) is 0 Å². The number of likely N-dealkylation sites (N-methyl/N-ethyl adjacent to an activating group) is 1. The quantitative estimate of drug-likeness (QED) is 0.481. The molecule has 0 spiro atoms. The maximum atomic E-state index is 11.0. The first-order valence-electron chi connectivity index (χ1n) is 6.55. The van der Waals surface area contributed by atoms with Gasteiger partial charge in [0.05, 0.1) is 12.6 Å². The topological polar surface area (TPSA) is 50.8 Å². The van der Waals surface area contributed by atoms with E-state index in [0.29, 0.717) is 18.9 Å². The van der Waals surface area contributed by atoms with Crippen LogP contribution in [0.4, 0.5) is 0 Å². The Morgan fingerprint density at radius 2 is 2.05 bits per heavy atom. The molecule has 19 heavy (non-hydrogen) atoms. The number of methoxy groups -OCH3 is 1. The number of aldehydes is 1. The second-order valence-electron chi connectivity index (χ2n) is 5.61. The highest BCUT2D eigenvalue weighted by Crippen LogP contribution is 2.11. The lowest BCUT2D eigenvalue weighted by Gasteiger charge is -2.26. The summed E-state index contributed by atoms with van der Waals surface area (Å²) in [6.07, 6.45) is 1.59. The summed E-state index contributed by atoms with van der Waals surface area (Å²) in [5.41, 5.74) is -0.313. The number of nitrogens with zero attached hydrogens (tertiary/aromatic N) is 1. The first kappa shape index (κ1) is 17.9. The maximum absolute atomic E-state index is 11.0. The summed E-state index contributed by atoms with van der Waals surface area (Å²) >= 11 is 0. The van der Waals surface area contributed by atoms with Crippen LogP contribution in [0, 0.1) is 0 Å². The van der Waals surface area contributed by atoms with Crippen LogP contribution in [0.2, 0.25) is 0 Å². The van der Waals surface area contributed by atoms with Gasteiger partial charge in [-0.15, -0.1) is 0 Å². The number of carbonyl (C=O) groups is 1. The number of hydrogen-bond donors (Lipinski definition) is 1. The minimum Gasteiger partial charge on any atom is -0.474 e. The molecule has 0 aliphatic carbocycles. The molecule has 0 aromatic rings. The van der Waals surface area contributed by atoms with Crippen molar-refractivity contribution in [1.82, 2.24) is 10.2 Å². The Hall–Kier alpha value is -1.07. The molecule has 1 atom stereocenters. The van der Waals surface area contributed by atoms with E-state index in [1.807, 2.05) is 27.8 Å². The van der Waals surface area contributed by atoms with Gasteiger partial charge in [-0.25, -0.2) is 0 Å². The highest BCUT2D eigenvalue weighted by atomic mass is 16.5. The van der Waals surface area contributed by atoms with E-state index in [1.54, 1.807) is 7.11 Å². The molecule has 0 rings (SSSR count). The third-order valence-electron chi connectivity index (χ3n) is 2.44. The largest absolute Gasteiger partial charge is 0.474 e. The zero-order valence-corrected chi connectivity index (χ0v) is 12.9. The van der Waals surface area contributed by atoms with Gasteiger partial charge >= 0.3 is 0 Å². The predicted octanol–water partition coefficient (Wildman–Crippen LogP) is 1.40. The zero-order valence-electron chi connectivity index (χ0n) is 12.9. The van der Waals surface area contributed by atoms with Gasteiger partial charge in [-0.05, 0) is 40.8 Å². The van der Waals surface area contributed by atoms with Gasteiger partial charge in [-0.3, -0.25) is 0 Å². The van der Waals surface area contributed by atoms with Crippen LogP contribution in [0.5, 0.6) is 0 Å². The maximum Gasteiger partial charge on any atom is 0.180 e. The van der Waals surface area contributed by atoms with Crippen molar-refractivity contribution >= 4 is 6.29 Å². The summed E-state index contributed by atoms with van der Waals surface area (Å²) in [4.78, 5) is 13.2. The van der Waals surface area contributed by atoms with Crippen molar-refractivity contribution in [3.63, 3.8) is 0 Å². The predicted molar refractivity (Wildman–Crippen MR) is 77.0 cm³/mol. The van der Waals surface area contributed by atoms with Crippen molar-refractivity contribution in [2.75, 3.05) is 33.9 Å². The van der Waals surface area contributed by atoms with Crippen LogP contribution >= 0.6 is 0 Å². The first-order chi connectivity index (χ1) is 8.78. The summed E-state index contributed by atoms with van der Waals surface area (Å²) in [7, 11) is 3.68. The fourth-order valence-electron chi connectivity index (χ4n) is 1.50. The molecule has 0 heterocycles. The van der Waals surface area contributed by atoms with Gasteiger partial charge in [0, 0.05) is 20.2 Å². The van der Waals surface area contributed by atoms with Crippen LogP contribution in [-0.2, 0) is 14.3 Å². The van der Waals surface area contributed by atoms with Gasteiger partial charge < -0.3 is 24.5 Å². The minimum atomic E-state index is -0.313. The molecule has 5 heteroatoms. The molecule has 0 aliphatic rings. The molecule has 0 bridgehead atoms. The number of nitrogens with one attached hydrogen (secondary N) is 1. The Balaban J connectivity index is 4.01. The Bertz CT molecular complexity index is 274. The van der Waals surface area contributed by atoms with E-state index < -0.39 is 0 Å². The highest BCUT2D eigenvalue weighted by Gasteiger charge is 2.15. The van der Waals surface area contributed by atoms with E-state index in [9.17, 15) is 4.79 Å². The van der Waals surface area contributed by atoms with Crippen molar-refractivity contribution in [2.45, 2.75) is 38.8 Å². The lowest BCUT2D eigenvalue weighted by atomic mass is 10.2. The first-order valence-corrected chi connectivity index (χ1v) is 6.55. The monoisotopic (exact) mass is 272 g/mol. The summed E-state index contributed by atoms with van der Waals surface area (Å²) in [6, 6.07) is -0.278. The molecule has 0 saturated heterocycles. The molecule has 1 unspecified atom stereocenters. The molecular weight excluding hydrogens is 244 g/mol. The van der Waals surface area contributed by atoms with E-state index in [4.69, 9.17) is 9.47 Å². The zero-order chi connectivity index (χ0) is 14.9. The van der Waals surface area contributed by atoms with E-state index in [-0.39, 0.29) is 11.6 Å². The molecule has 0 saturated carbocycles. The van der Waals surface area contributed by atoms with Crippen molar-refractivity contribution in [3.05, 3.63) is 12.5 Å². The average Bonchev–Trinajstić information content (AvgIpc) is 2.29. The fourth-order valence-corrected chi connectivity index (χ4v) is 1.50. The van der Waals surface area contributed by atoms with Crippen LogP contribution in [0.25, 0.3) is 0 Å². The summed E-state index contributed by atoms with van der Waals surface area (Å²) in [5, 5.41) is 2.99. The standard InChI is InChI=1S/C14H28N2O3/c1-12(19-14(2,3)4)15-13(11-17)7-8-16(5)9-10-18-6/h11,13,15H,1,7-10H2,2-6H3. The molecule has 0 amide bonds. The Morgan fingerprint density at radius 1 is 1.42 bits per heavy atom. The summed E-state index contributed by atoms with van der Waals surface area (Å²) < 4.78 is 10.5. The lowest BCUT2D eigenvalue weighted by molar-refractivity contribution is -0.110. The van der Waals surface area contributed by atoms with E-state index in [0.717, 1.165) is 19.4 Å². The molecule has 1 N–H and O–H groups in total. The van der Waals surface area contributed by atoms with Gasteiger partial charge in [0.25, 0.3) is 0 Å². The van der Waals surface area contributed by atoms with Gasteiger partial charge in [0.2, 0.25) is 0 Å². The van der Waals surface area contributed by atoms with E-state index >= 15 is 0 Å².